The van der Waals surface area contributed by atoms with E-state index < -0.39 is 39.5 Å². The van der Waals surface area contributed by atoms with E-state index in [1.54, 1.807) is 12.1 Å². The first-order valence-corrected chi connectivity index (χ1v) is 12.2. The SMILES string of the molecule is CC(C(=O)Nc1ccccc1C(=O)NCC1CCCO1)N(c1ccc(F)c(F)c1)S(C)(=O)=O. The number of benzene rings is 2. The Labute approximate surface area is 191 Å². The van der Waals surface area contributed by atoms with Crippen LogP contribution in [0.4, 0.5) is 20.2 Å². The average molecular weight is 482 g/mol. The molecule has 1 aliphatic heterocycles. The molecular weight excluding hydrogens is 456 g/mol. The lowest BCUT2D eigenvalue weighted by Gasteiger charge is -2.28. The Hall–Kier alpha value is -3.05. The zero-order valence-corrected chi connectivity index (χ0v) is 19.0. The van der Waals surface area contributed by atoms with Crippen molar-refractivity contribution in [1.82, 2.24) is 5.32 Å². The van der Waals surface area contributed by atoms with Crippen LogP contribution in [0.25, 0.3) is 0 Å². The van der Waals surface area contributed by atoms with Crippen molar-refractivity contribution in [1.29, 1.82) is 0 Å². The molecule has 178 valence electrons. The van der Waals surface area contributed by atoms with Gasteiger partial charge in [0.05, 0.1) is 29.3 Å². The molecule has 0 aromatic heterocycles. The van der Waals surface area contributed by atoms with Gasteiger partial charge in [-0.05, 0) is 44.0 Å². The molecule has 8 nitrogen and oxygen atoms in total. The molecule has 0 saturated carbocycles. The fourth-order valence-electron chi connectivity index (χ4n) is 3.57. The van der Waals surface area contributed by atoms with Gasteiger partial charge >= 0.3 is 0 Å². The van der Waals surface area contributed by atoms with Crippen LogP contribution in [0.5, 0.6) is 0 Å². The van der Waals surface area contributed by atoms with E-state index in [9.17, 15) is 26.8 Å². The highest BCUT2D eigenvalue weighted by atomic mass is 32.2. The van der Waals surface area contributed by atoms with Gasteiger partial charge in [0.2, 0.25) is 15.9 Å². The van der Waals surface area contributed by atoms with E-state index >= 15 is 0 Å². The number of nitrogens with one attached hydrogen (secondary N) is 2. The smallest absolute Gasteiger partial charge is 0.253 e. The molecule has 11 heteroatoms. The second-order valence-electron chi connectivity index (χ2n) is 7.71. The summed E-state index contributed by atoms with van der Waals surface area (Å²) in [7, 11) is -4.04. The van der Waals surface area contributed by atoms with E-state index in [2.05, 4.69) is 10.6 Å². The minimum atomic E-state index is -4.04. The molecule has 1 fully saturated rings. The molecule has 0 spiro atoms. The number of amides is 2. The summed E-state index contributed by atoms with van der Waals surface area (Å²) in [6.45, 7) is 2.28. The molecular formula is C22H25F2N3O5S. The summed E-state index contributed by atoms with van der Waals surface area (Å²) in [5, 5.41) is 5.33. The summed E-state index contributed by atoms with van der Waals surface area (Å²) in [5.74, 6) is -3.58. The molecule has 0 bridgehead atoms. The van der Waals surface area contributed by atoms with Crippen LogP contribution in [-0.4, -0.2) is 51.8 Å². The summed E-state index contributed by atoms with van der Waals surface area (Å²) in [4.78, 5) is 25.6. The predicted molar refractivity (Wildman–Crippen MR) is 120 cm³/mol. The Morgan fingerprint density at radius 2 is 1.91 bits per heavy atom. The van der Waals surface area contributed by atoms with Crippen molar-refractivity contribution in [2.75, 3.05) is 29.0 Å². The molecule has 33 heavy (non-hydrogen) atoms. The number of carbonyl (C=O) groups is 2. The Bertz CT molecular complexity index is 1140. The van der Waals surface area contributed by atoms with Crippen LogP contribution in [0.1, 0.15) is 30.1 Å². The molecule has 0 radical (unpaired) electrons. The van der Waals surface area contributed by atoms with Gasteiger partial charge in [0.25, 0.3) is 5.91 Å². The standard InChI is InChI=1S/C22H25F2N3O5S/c1-14(27(33(2,30)31)15-9-10-18(23)19(24)12-15)21(28)26-20-8-4-3-7-17(20)22(29)25-13-16-6-5-11-32-16/h3-4,7-10,12,14,16H,5-6,11,13H2,1-2H3,(H,25,29)(H,26,28). The van der Waals surface area contributed by atoms with Gasteiger partial charge in [-0.1, -0.05) is 12.1 Å². The Balaban J connectivity index is 1.79. The highest BCUT2D eigenvalue weighted by Gasteiger charge is 2.30. The first kappa shape index (κ1) is 24.6. The second kappa shape index (κ2) is 10.3. The summed E-state index contributed by atoms with van der Waals surface area (Å²) in [6.07, 6.45) is 2.57. The molecule has 1 aliphatic rings. The number of carbonyl (C=O) groups excluding carboxylic acids is 2. The molecule has 2 N–H and O–H groups in total. The Morgan fingerprint density at radius 1 is 1.18 bits per heavy atom. The van der Waals surface area contributed by atoms with Gasteiger partial charge in [0.1, 0.15) is 6.04 Å². The monoisotopic (exact) mass is 481 g/mol. The number of anilines is 2. The second-order valence-corrected chi connectivity index (χ2v) is 9.57. The summed E-state index contributed by atoms with van der Waals surface area (Å²) in [6, 6.07) is 7.49. The van der Waals surface area contributed by atoms with Crippen LogP contribution in [0.15, 0.2) is 42.5 Å². The van der Waals surface area contributed by atoms with E-state index in [1.807, 2.05) is 0 Å². The van der Waals surface area contributed by atoms with Crippen LogP contribution < -0.4 is 14.9 Å². The quantitative estimate of drug-likeness (QED) is 0.603. The fourth-order valence-corrected chi connectivity index (χ4v) is 4.73. The van der Waals surface area contributed by atoms with Crippen molar-refractivity contribution in [2.24, 2.45) is 0 Å². The lowest BCUT2D eigenvalue weighted by molar-refractivity contribution is -0.116. The number of rotatable bonds is 8. The molecule has 2 amide bonds. The maximum absolute atomic E-state index is 13.7. The van der Waals surface area contributed by atoms with Crippen LogP contribution in [0.2, 0.25) is 0 Å². The predicted octanol–water partition coefficient (Wildman–Crippen LogP) is 2.67. The normalized spacial score (nSPS) is 16.8. The molecule has 1 heterocycles. The van der Waals surface area contributed by atoms with Crippen LogP contribution >= 0.6 is 0 Å². The molecule has 1 saturated heterocycles. The van der Waals surface area contributed by atoms with Crippen molar-refractivity contribution >= 4 is 33.2 Å². The van der Waals surface area contributed by atoms with Gasteiger partial charge in [0.15, 0.2) is 11.6 Å². The number of ether oxygens (including phenoxy) is 1. The topological polar surface area (TPSA) is 105 Å². The number of nitrogens with zero attached hydrogens (tertiary/aromatic N) is 1. The van der Waals surface area contributed by atoms with Crippen molar-refractivity contribution in [2.45, 2.75) is 31.9 Å². The average Bonchev–Trinajstić information content (AvgIpc) is 3.27. The highest BCUT2D eigenvalue weighted by molar-refractivity contribution is 7.92. The van der Waals surface area contributed by atoms with Gasteiger partial charge in [-0.3, -0.25) is 13.9 Å². The van der Waals surface area contributed by atoms with Crippen molar-refractivity contribution in [3.05, 3.63) is 59.7 Å². The molecule has 0 aliphatic carbocycles. The van der Waals surface area contributed by atoms with Gasteiger partial charge in [-0.25, -0.2) is 17.2 Å². The molecule has 2 aromatic carbocycles. The summed E-state index contributed by atoms with van der Waals surface area (Å²) in [5.41, 5.74) is 0.161. The van der Waals surface area contributed by atoms with Gasteiger partial charge in [-0.2, -0.15) is 0 Å². The zero-order valence-electron chi connectivity index (χ0n) is 18.2. The molecule has 2 atom stereocenters. The number of halogens is 2. The van der Waals surface area contributed by atoms with Crippen LogP contribution in [0.3, 0.4) is 0 Å². The van der Waals surface area contributed by atoms with Crippen LogP contribution in [-0.2, 0) is 19.6 Å². The Morgan fingerprint density at radius 3 is 2.55 bits per heavy atom. The van der Waals surface area contributed by atoms with Gasteiger partial charge in [-0.15, -0.1) is 0 Å². The number of hydrogen-bond donors (Lipinski definition) is 2. The zero-order chi connectivity index (χ0) is 24.2. The minimum absolute atomic E-state index is 0.0600. The lowest BCUT2D eigenvalue weighted by atomic mass is 10.1. The van der Waals surface area contributed by atoms with Crippen molar-refractivity contribution in [3.8, 4) is 0 Å². The number of hydrogen-bond acceptors (Lipinski definition) is 5. The first-order chi connectivity index (χ1) is 15.6. The molecule has 2 aromatic rings. The van der Waals surface area contributed by atoms with E-state index in [4.69, 9.17) is 4.74 Å². The maximum atomic E-state index is 13.7. The summed E-state index contributed by atoms with van der Waals surface area (Å²) < 4.78 is 57.9. The van der Waals surface area contributed by atoms with Crippen LogP contribution in [0, 0.1) is 11.6 Å². The first-order valence-electron chi connectivity index (χ1n) is 10.3. The van der Waals surface area contributed by atoms with Crippen molar-refractivity contribution < 1.29 is 31.5 Å². The number of sulfonamides is 1. The molecule has 3 rings (SSSR count). The molecule has 2 unspecified atom stereocenters. The minimum Gasteiger partial charge on any atom is -0.376 e. The number of para-hydroxylation sites is 1. The van der Waals surface area contributed by atoms with Gasteiger partial charge < -0.3 is 15.4 Å². The third-order valence-electron chi connectivity index (χ3n) is 5.19. The van der Waals surface area contributed by atoms with Gasteiger partial charge in [0, 0.05) is 19.2 Å². The third-order valence-corrected chi connectivity index (χ3v) is 6.43. The van der Waals surface area contributed by atoms with E-state index in [1.165, 1.54) is 19.1 Å². The highest BCUT2D eigenvalue weighted by Crippen LogP contribution is 2.24. The van der Waals surface area contributed by atoms with E-state index in [0.717, 1.165) is 31.2 Å². The largest absolute Gasteiger partial charge is 0.376 e. The third kappa shape index (κ3) is 6.05. The maximum Gasteiger partial charge on any atom is 0.253 e. The Kier molecular flexibility index (Phi) is 7.65. The van der Waals surface area contributed by atoms with E-state index in [0.29, 0.717) is 23.5 Å². The fraction of sp³-hybridized carbons (Fsp3) is 0.364. The summed E-state index contributed by atoms with van der Waals surface area (Å²) >= 11 is 0. The van der Waals surface area contributed by atoms with Crippen molar-refractivity contribution in [3.63, 3.8) is 0 Å². The van der Waals surface area contributed by atoms with E-state index in [-0.39, 0.29) is 23.0 Å². The lowest BCUT2D eigenvalue weighted by Crippen LogP contribution is -2.45.